The third kappa shape index (κ3) is 2.39. The second kappa shape index (κ2) is 4.25. The molecule has 0 radical (unpaired) electrons. The summed E-state index contributed by atoms with van der Waals surface area (Å²) in [6, 6.07) is 5.43. The summed E-state index contributed by atoms with van der Waals surface area (Å²) in [6.07, 6.45) is -4.76. The highest BCUT2D eigenvalue weighted by atomic mass is 19.4. The van der Waals surface area contributed by atoms with Crippen LogP contribution in [-0.2, 0) is 6.18 Å². The van der Waals surface area contributed by atoms with Gasteiger partial charge in [0.25, 0.3) is 5.56 Å². The zero-order valence-corrected chi connectivity index (χ0v) is 8.75. The van der Waals surface area contributed by atoms with Gasteiger partial charge in [0.1, 0.15) is 11.6 Å². The first-order chi connectivity index (χ1) is 8.38. The summed E-state index contributed by atoms with van der Waals surface area (Å²) in [4.78, 5) is 16.4. The van der Waals surface area contributed by atoms with E-state index in [0.29, 0.717) is 6.07 Å². The summed E-state index contributed by atoms with van der Waals surface area (Å²) in [5.74, 6) is -1.21. The Morgan fingerprint density at radius 2 is 1.83 bits per heavy atom. The van der Waals surface area contributed by atoms with Crippen molar-refractivity contribution in [1.82, 2.24) is 9.97 Å². The fraction of sp³-hybridized carbons (Fsp3) is 0.0909. The molecule has 0 saturated heterocycles. The van der Waals surface area contributed by atoms with Gasteiger partial charge in [0.2, 0.25) is 0 Å². The predicted octanol–water partition coefficient (Wildman–Crippen LogP) is 2.59. The number of H-pyrrole nitrogens is 1. The lowest BCUT2D eigenvalue weighted by atomic mass is 10.2. The van der Waals surface area contributed by atoms with Crippen LogP contribution in [0, 0.1) is 5.82 Å². The molecule has 1 aromatic heterocycles. The van der Waals surface area contributed by atoms with Crippen molar-refractivity contribution in [2.75, 3.05) is 0 Å². The maximum atomic E-state index is 13.4. The van der Waals surface area contributed by atoms with E-state index < -0.39 is 29.1 Å². The van der Waals surface area contributed by atoms with Crippen LogP contribution in [0.2, 0.25) is 0 Å². The molecule has 1 N–H and O–H groups in total. The summed E-state index contributed by atoms with van der Waals surface area (Å²) in [5, 5.41) is 0. The first kappa shape index (κ1) is 12.3. The van der Waals surface area contributed by atoms with Crippen molar-refractivity contribution < 1.29 is 17.6 Å². The number of aromatic nitrogens is 2. The van der Waals surface area contributed by atoms with Gasteiger partial charge in [-0.2, -0.15) is 13.2 Å². The third-order valence-corrected chi connectivity index (χ3v) is 2.16. The third-order valence-electron chi connectivity index (χ3n) is 2.16. The Labute approximate surface area is 98.1 Å². The van der Waals surface area contributed by atoms with Crippen LogP contribution < -0.4 is 5.56 Å². The first-order valence-electron chi connectivity index (χ1n) is 4.81. The van der Waals surface area contributed by atoms with Crippen LogP contribution in [-0.4, -0.2) is 9.97 Å². The zero-order valence-electron chi connectivity index (χ0n) is 8.75. The first-order valence-corrected chi connectivity index (χ1v) is 4.81. The molecule has 94 valence electrons. The molecule has 0 fully saturated rings. The van der Waals surface area contributed by atoms with E-state index in [2.05, 4.69) is 9.97 Å². The monoisotopic (exact) mass is 258 g/mol. The molecule has 0 atom stereocenters. The molecule has 7 heteroatoms. The summed E-state index contributed by atoms with van der Waals surface area (Å²) < 4.78 is 50.8. The van der Waals surface area contributed by atoms with Crippen LogP contribution >= 0.6 is 0 Å². The highest BCUT2D eigenvalue weighted by Crippen LogP contribution is 2.28. The Kier molecular flexibility index (Phi) is 2.90. The lowest BCUT2D eigenvalue weighted by Gasteiger charge is -2.07. The number of nitrogens with zero attached hydrogens (tertiary/aromatic N) is 1. The van der Waals surface area contributed by atoms with Gasteiger partial charge >= 0.3 is 6.18 Å². The minimum absolute atomic E-state index is 0.194. The fourth-order valence-corrected chi connectivity index (χ4v) is 1.38. The molecule has 2 rings (SSSR count). The van der Waals surface area contributed by atoms with Gasteiger partial charge < -0.3 is 4.98 Å². The van der Waals surface area contributed by atoms with E-state index in [1.54, 1.807) is 0 Å². The lowest BCUT2D eigenvalue weighted by Crippen LogP contribution is -2.17. The molecule has 2 aromatic rings. The predicted molar refractivity (Wildman–Crippen MR) is 55.3 cm³/mol. The average Bonchev–Trinajstić information content (AvgIpc) is 2.27. The number of hydrogen-bond acceptors (Lipinski definition) is 2. The van der Waals surface area contributed by atoms with Crippen molar-refractivity contribution >= 4 is 0 Å². The van der Waals surface area contributed by atoms with Crippen molar-refractivity contribution in [2.24, 2.45) is 0 Å². The molecular weight excluding hydrogens is 252 g/mol. The average molecular weight is 258 g/mol. The molecule has 0 aliphatic rings. The molecular formula is C11H6F4N2O. The molecule has 0 saturated carbocycles. The molecule has 0 unspecified atom stereocenters. The number of rotatable bonds is 1. The van der Waals surface area contributed by atoms with Gasteiger partial charge in [-0.1, -0.05) is 12.1 Å². The van der Waals surface area contributed by atoms with E-state index in [-0.39, 0.29) is 5.56 Å². The molecule has 18 heavy (non-hydrogen) atoms. The van der Waals surface area contributed by atoms with Gasteiger partial charge in [-0.15, -0.1) is 0 Å². The summed E-state index contributed by atoms with van der Waals surface area (Å²) in [7, 11) is 0. The maximum Gasteiger partial charge on any atom is 0.433 e. The van der Waals surface area contributed by atoms with E-state index in [1.165, 1.54) is 18.2 Å². The van der Waals surface area contributed by atoms with Crippen molar-refractivity contribution in [3.05, 3.63) is 52.2 Å². The van der Waals surface area contributed by atoms with Crippen LogP contribution in [0.25, 0.3) is 11.4 Å². The van der Waals surface area contributed by atoms with Gasteiger partial charge in [-0.25, -0.2) is 9.37 Å². The van der Waals surface area contributed by atoms with Crippen LogP contribution in [0.1, 0.15) is 5.69 Å². The largest absolute Gasteiger partial charge is 0.433 e. The molecule has 0 bridgehead atoms. The molecule has 3 nitrogen and oxygen atoms in total. The molecule has 0 aliphatic carbocycles. The Balaban J connectivity index is 2.63. The van der Waals surface area contributed by atoms with E-state index in [1.807, 2.05) is 0 Å². The second-order valence-corrected chi connectivity index (χ2v) is 3.46. The topological polar surface area (TPSA) is 45.8 Å². The number of alkyl halides is 3. The lowest BCUT2D eigenvalue weighted by molar-refractivity contribution is -0.141. The number of aromatic amines is 1. The number of halogens is 4. The van der Waals surface area contributed by atoms with Gasteiger partial charge in [-0.3, -0.25) is 4.79 Å². The Hall–Kier alpha value is -2.18. The smallest absolute Gasteiger partial charge is 0.306 e. The van der Waals surface area contributed by atoms with Crippen molar-refractivity contribution in [3.63, 3.8) is 0 Å². The molecule has 0 amide bonds. The van der Waals surface area contributed by atoms with Crippen LogP contribution in [0.15, 0.2) is 35.1 Å². The van der Waals surface area contributed by atoms with Crippen molar-refractivity contribution in [1.29, 1.82) is 0 Å². The Morgan fingerprint density at radius 1 is 1.17 bits per heavy atom. The van der Waals surface area contributed by atoms with Crippen molar-refractivity contribution in [3.8, 4) is 11.4 Å². The summed E-state index contributed by atoms with van der Waals surface area (Å²) in [6.45, 7) is 0. The van der Waals surface area contributed by atoms with E-state index in [4.69, 9.17) is 0 Å². The molecule has 1 heterocycles. The number of benzene rings is 1. The number of nitrogens with one attached hydrogen (secondary N) is 1. The summed E-state index contributed by atoms with van der Waals surface area (Å²) in [5.41, 5.74) is -2.54. The van der Waals surface area contributed by atoms with Gasteiger partial charge in [-0.05, 0) is 12.1 Å². The maximum absolute atomic E-state index is 13.4. The zero-order chi connectivity index (χ0) is 13.3. The van der Waals surface area contributed by atoms with Crippen LogP contribution in [0.5, 0.6) is 0 Å². The van der Waals surface area contributed by atoms with Crippen LogP contribution in [0.3, 0.4) is 0 Å². The quantitative estimate of drug-likeness (QED) is 0.799. The standard InChI is InChI=1S/C11H6F4N2O/c12-7-4-2-1-3-6(7)10-16-8(11(13,14)15)5-9(18)17-10/h1-5H,(H,16,17,18). The molecule has 0 aliphatic heterocycles. The molecule has 1 aromatic carbocycles. The SMILES string of the molecule is O=c1cc(C(F)(F)F)nc(-c2ccccc2F)[nH]1. The number of hydrogen-bond donors (Lipinski definition) is 1. The van der Waals surface area contributed by atoms with Gasteiger partial charge in [0.05, 0.1) is 5.56 Å². The molecule has 0 spiro atoms. The highest BCUT2D eigenvalue weighted by molar-refractivity contribution is 5.55. The van der Waals surface area contributed by atoms with Crippen molar-refractivity contribution in [2.45, 2.75) is 6.18 Å². The van der Waals surface area contributed by atoms with Gasteiger partial charge in [0.15, 0.2) is 5.69 Å². The van der Waals surface area contributed by atoms with E-state index in [0.717, 1.165) is 6.07 Å². The van der Waals surface area contributed by atoms with E-state index >= 15 is 0 Å². The minimum Gasteiger partial charge on any atom is -0.306 e. The minimum atomic E-state index is -4.76. The Morgan fingerprint density at radius 3 is 2.44 bits per heavy atom. The summed E-state index contributed by atoms with van der Waals surface area (Å²) >= 11 is 0. The highest BCUT2D eigenvalue weighted by Gasteiger charge is 2.33. The van der Waals surface area contributed by atoms with Crippen LogP contribution in [0.4, 0.5) is 17.6 Å². The van der Waals surface area contributed by atoms with E-state index in [9.17, 15) is 22.4 Å². The second-order valence-electron chi connectivity index (χ2n) is 3.46. The fourth-order valence-electron chi connectivity index (χ4n) is 1.38. The normalized spacial score (nSPS) is 11.6. The van der Waals surface area contributed by atoms with Gasteiger partial charge in [0, 0.05) is 6.07 Å². The Bertz CT molecular complexity index is 633.